The van der Waals surface area contributed by atoms with Gasteiger partial charge in [-0.05, 0) is 24.1 Å². The summed E-state index contributed by atoms with van der Waals surface area (Å²) in [5.41, 5.74) is -0.437. The van der Waals surface area contributed by atoms with Crippen molar-refractivity contribution in [3.05, 3.63) is 35.4 Å². The number of methoxy groups -OCH3 is 1. The second kappa shape index (κ2) is 6.06. The molecular formula is C13H15F3O3. The van der Waals surface area contributed by atoms with Gasteiger partial charge in [-0.3, -0.25) is 4.79 Å². The van der Waals surface area contributed by atoms with Gasteiger partial charge >= 0.3 is 12.1 Å². The Morgan fingerprint density at radius 1 is 1.32 bits per heavy atom. The summed E-state index contributed by atoms with van der Waals surface area (Å²) in [4.78, 5) is 11.2. The lowest BCUT2D eigenvalue weighted by Gasteiger charge is -2.15. The molecule has 0 bridgehead atoms. The molecule has 0 amide bonds. The highest BCUT2D eigenvalue weighted by Gasteiger charge is 2.30. The molecule has 0 saturated heterocycles. The van der Waals surface area contributed by atoms with E-state index in [1.807, 2.05) is 0 Å². The van der Waals surface area contributed by atoms with Gasteiger partial charge in [0.15, 0.2) is 0 Å². The molecule has 19 heavy (non-hydrogen) atoms. The fourth-order valence-electron chi connectivity index (χ4n) is 1.66. The lowest BCUT2D eigenvalue weighted by Crippen LogP contribution is -2.16. The molecule has 0 aliphatic heterocycles. The van der Waals surface area contributed by atoms with Crippen LogP contribution in [-0.2, 0) is 15.7 Å². The minimum Gasteiger partial charge on any atom is -0.469 e. The highest BCUT2D eigenvalue weighted by atomic mass is 19.4. The van der Waals surface area contributed by atoms with E-state index in [2.05, 4.69) is 4.74 Å². The van der Waals surface area contributed by atoms with Gasteiger partial charge in [-0.25, -0.2) is 0 Å². The predicted molar refractivity (Wildman–Crippen MR) is 62.2 cm³/mol. The van der Waals surface area contributed by atoms with Crippen LogP contribution in [0.2, 0.25) is 0 Å². The second-order valence-corrected chi connectivity index (χ2v) is 4.30. The number of alkyl halides is 3. The van der Waals surface area contributed by atoms with E-state index in [9.17, 15) is 23.1 Å². The number of aliphatic hydroxyl groups excluding tert-OH is 1. The Morgan fingerprint density at radius 3 is 2.26 bits per heavy atom. The molecule has 106 valence electrons. The molecule has 1 aromatic carbocycles. The van der Waals surface area contributed by atoms with Gasteiger partial charge < -0.3 is 9.84 Å². The first-order valence-electron chi connectivity index (χ1n) is 5.68. The maximum atomic E-state index is 12.4. The van der Waals surface area contributed by atoms with Crippen LogP contribution < -0.4 is 0 Å². The molecule has 0 radical (unpaired) electrons. The third-order valence-electron chi connectivity index (χ3n) is 2.80. The zero-order valence-corrected chi connectivity index (χ0v) is 10.6. The topological polar surface area (TPSA) is 46.5 Å². The highest BCUT2D eigenvalue weighted by Crippen LogP contribution is 2.30. The van der Waals surface area contributed by atoms with Crippen LogP contribution >= 0.6 is 0 Å². The molecule has 3 nitrogen and oxygen atoms in total. The zero-order valence-electron chi connectivity index (χ0n) is 10.6. The Hall–Kier alpha value is -1.56. The van der Waals surface area contributed by atoms with Crippen molar-refractivity contribution in [2.45, 2.75) is 25.6 Å². The quantitative estimate of drug-likeness (QED) is 0.860. The van der Waals surface area contributed by atoms with Crippen molar-refractivity contribution in [2.75, 3.05) is 7.11 Å². The summed E-state index contributed by atoms with van der Waals surface area (Å²) in [6, 6.07) is 4.22. The fourth-order valence-corrected chi connectivity index (χ4v) is 1.66. The van der Waals surface area contributed by atoms with Gasteiger partial charge in [0.25, 0.3) is 0 Å². The van der Waals surface area contributed by atoms with Crippen molar-refractivity contribution in [1.82, 2.24) is 0 Å². The zero-order chi connectivity index (χ0) is 14.6. The SMILES string of the molecule is COC(=O)C(C)CC(O)c1ccc(C(F)(F)F)cc1. The van der Waals surface area contributed by atoms with Crippen LogP contribution in [0.25, 0.3) is 0 Å². The average molecular weight is 276 g/mol. The van der Waals surface area contributed by atoms with Gasteiger partial charge in [0, 0.05) is 0 Å². The fraction of sp³-hybridized carbons (Fsp3) is 0.462. The van der Waals surface area contributed by atoms with E-state index in [1.165, 1.54) is 19.2 Å². The third kappa shape index (κ3) is 4.24. The summed E-state index contributed by atoms with van der Waals surface area (Å²) in [6.45, 7) is 1.58. The lowest BCUT2D eigenvalue weighted by atomic mass is 9.97. The van der Waals surface area contributed by atoms with Crippen molar-refractivity contribution >= 4 is 5.97 Å². The van der Waals surface area contributed by atoms with Gasteiger partial charge in [-0.15, -0.1) is 0 Å². The number of halogens is 3. The van der Waals surface area contributed by atoms with E-state index in [0.29, 0.717) is 5.56 Å². The molecule has 0 fully saturated rings. The molecule has 2 unspecified atom stereocenters. The molecule has 0 aliphatic carbocycles. The van der Waals surface area contributed by atoms with Gasteiger partial charge in [0.05, 0.1) is 24.7 Å². The van der Waals surface area contributed by atoms with Gasteiger partial charge in [0.2, 0.25) is 0 Å². The van der Waals surface area contributed by atoms with Crippen LogP contribution in [0.3, 0.4) is 0 Å². The monoisotopic (exact) mass is 276 g/mol. The molecule has 0 aliphatic rings. The first kappa shape index (κ1) is 15.5. The second-order valence-electron chi connectivity index (χ2n) is 4.30. The van der Waals surface area contributed by atoms with Crippen molar-refractivity contribution < 1.29 is 27.8 Å². The minimum atomic E-state index is -4.40. The standard InChI is InChI=1S/C13H15F3O3/c1-8(12(18)19-2)7-11(17)9-3-5-10(6-4-9)13(14,15)16/h3-6,8,11,17H,7H2,1-2H3. The average Bonchev–Trinajstić information content (AvgIpc) is 2.36. The van der Waals surface area contributed by atoms with Crippen molar-refractivity contribution in [2.24, 2.45) is 5.92 Å². The largest absolute Gasteiger partial charge is 0.469 e. The van der Waals surface area contributed by atoms with E-state index in [0.717, 1.165) is 12.1 Å². The van der Waals surface area contributed by atoms with E-state index in [4.69, 9.17) is 0 Å². The normalized spacial score (nSPS) is 14.8. The summed E-state index contributed by atoms with van der Waals surface area (Å²) >= 11 is 0. The molecule has 1 rings (SSSR count). The van der Waals surface area contributed by atoms with Gasteiger partial charge in [0.1, 0.15) is 0 Å². The number of carbonyl (C=O) groups is 1. The molecule has 0 spiro atoms. The van der Waals surface area contributed by atoms with Gasteiger partial charge in [-0.2, -0.15) is 13.2 Å². The lowest BCUT2D eigenvalue weighted by molar-refractivity contribution is -0.145. The summed E-state index contributed by atoms with van der Waals surface area (Å²) < 4.78 is 41.6. The maximum absolute atomic E-state index is 12.4. The summed E-state index contributed by atoms with van der Waals surface area (Å²) in [6.07, 6.45) is -5.31. The van der Waals surface area contributed by atoms with E-state index >= 15 is 0 Å². The maximum Gasteiger partial charge on any atom is 0.416 e. The minimum absolute atomic E-state index is 0.0953. The number of hydrogen-bond acceptors (Lipinski definition) is 3. The number of aliphatic hydroxyl groups is 1. The van der Waals surface area contributed by atoms with E-state index < -0.39 is 29.7 Å². The van der Waals surface area contributed by atoms with Crippen LogP contribution in [0.1, 0.15) is 30.6 Å². The Kier molecular flexibility index (Phi) is 4.94. The first-order valence-corrected chi connectivity index (χ1v) is 5.68. The number of esters is 1. The summed E-state index contributed by atoms with van der Waals surface area (Å²) in [5.74, 6) is -0.992. The molecular weight excluding hydrogens is 261 g/mol. The van der Waals surface area contributed by atoms with Crippen LogP contribution in [0.4, 0.5) is 13.2 Å². The molecule has 0 saturated carbocycles. The summed E-state index contributed by atoms with van der Waals surface area (Å²) in [5, 5.41) is 9.84. The Bertz CT molecular complexity index is 426. The number of rotatable bonds is 4. The Labute approximate surface area is 109 Å². The smallest absolute Gasteiger partial charge is 0.416 e. The first-order chi connectivity index (χ1) is 8.75. The molecule has 6 heteroatoms. The van der Waals surface area contributed by atoms with E-state index in [-0.39, 0.29) is 6.42 Å². The van der Waals surface area contributed by atoms with Gasteiger partial charge in [-0.1, -0.05) is 19.1 Å². The van der Waals surface area contributed by atoms with E-state index in [1.54, 1.807) is 6.92 Å². The van der Waals surface area contributed by atoms with Crippen molar-refractivity contribution in [1.29, 1.82) is 0 Å². The van der Waals surface area contributed by atoms with Crippen LogP contribution in [-0.4, -0.2) is 18.2 Å². The molecule has 0 aromatic heterocycles. The van der Waals surface area contributed by atoms with Crippen molar-refractivity contribution in [3.63, 3.8) is 0 Å². The number of carbonyl (C=O) groups excluding carboxylic acids is 1. The molecule has 0 heterocycles. The van der Waals surface area contributed by atoms with Crippen LogP contribution in [0.5, 0.6) is 0 Å². The van der Waals surface area contributed by atoms with Crippen LogP contribution in [0, 0.1) is 5.92 Å². The number of ether oxygens (including phenoxy) is 1. The summed E-state index contributed by atoms with van der Waals surface area (Å²) in [7, 11) is 1.24. The van der Waals surface area contributed by atoms with Crippen molar-refractivity contribution in [3.8, 4) is 0 Å². The Morgan fingerprint density at radius 2 is 1.84 bits per heavy atom. The Balaban J connectivity index is 2.73. The molecule has 1 aromatic rings. The van der Waals surface area contributed by atoms with Crippen LogP contribution in [0.15, 0.2) is 24.3 Å². The number of hydrogen-bond donors (Lipinski definition) is 1. The molecule has 1 N–H and O–H groups in total. The number of benzene rings is 1. The predicted octanol–water partition coefficient (Wildman–Crippen LogP) is 2.94. The third-order valence-corrected chi connectivity index (χ3v) is 2.80. The highest BCUT2D eigenvalue weighted by molar-refractivity contribution is 5.71. The molecule has 2 atom stereocenters.